The third kappa shape index (κ3) is 6.58. The van der Waals surface area contributed by atoms with E-state index in [0.29, 0.717) is 0 Å². The SMILES string of the molecule is [CH2]OS(=O)(=O)C(I)(I)C(I)(I)C(I)(I)C(I)(I)C(I)(I)C(I)(I)I. The molecule has 0 aromatic heterocycles. The Kier molecular flexibility index (Phi) is 16.2. The maximum Gasteiger partial charge on any atom is 0.294 e. The highest BCUT2D eigenvalue weighted by Gasteiger charge is 2.74. The second-order valence-corrected chi connectivity index (χ2v) is 44.7. The van der Waals surface area contributed by atoms with Crippen molar-refractivity contribution in [3.05, 3.63) is 7.11 Å². The van der Waals surface area contributed by atoms with E-state index in [1.807, 2.05) is 45.2 Å². The van der Waals surface area contributed by atoms with E-state index in [2.05, 4.69) is 260 Å². The van der Waals surface area contributed by atoms with Crippen LogP contribution < -0.4 is 0 Å². The molecule has 0 saturated heterocycles. The van der Waals surface area contributed by atoms with E-state index in [1.165, 1.54) is 0 Å². The first kappa shape index (κ1) is 33.4. The first-order valence-electron chi connectivity index (χ1n) is 4.70. The van der Waals surface area contributed by atoms with Gasteiger partial charge < -0.3 is 0 Å². The van der Waals surface area contributed by atoms with Crippen LogP contribution in [0.4, 0.5) is 0 Å². The van der Waals surface area contributed by atoms with Crippen LogP contribution in [0.1, 0.15) is 0 Å². The van der Waals surface area contributed by atoms with Crippen LogP contribution in [0.2, 0.25) is 0 Å². The van der Waals surface area contributed by atoms with E-state index < -0.39 is 13.7 Å². The summed E-state index contributed by atoms with van der Waals surface area (Å²) in [6, 6.07) is 0. The number of hydrogen-bond donors (Lipinski definition) is 0. The van der Waals surface area contributed by atoms with Crippen LogP contribution in [-0.2, 0) is 14.3 Å². The van der Waals surface area contributed by atoms with Gasteiger partial charge in [0.2, 0.25) is 0.760 Å². The molecule has 0 unspecified atom stereocenters. The molecule has 0 aliphatic rings. The molecule has 0 saturated carbocycles. The average molecular weight is 1820 g/mol. The zero-order valence-corrected chi connectivity index (χ0v) is 39.1. The molecule has 0 aliphatic carbocycles. The summed E-state index contributed by atoms with van der Waals surface area (Å²) in [7, 11) is -0.709. The van der Waals surface area contributed by atoms with Gasteiger partial charge in [-0.25, -0.2) is 0 Å². The van der Waals surface area contributed by atoms with E-state index in [4.69, 9.17) is 0 Å². The highest BCUT2D eigenvalue weighted by Crippen LogP contribution is 2.76. The summed E-state index contributed by atoms with van der Waals surface area (Å²) in [4.78, 5) is 0. The second kappa shape index (κ2) is 11.6. The van der Waals surface area contributed by atoms with E-state index >= 15 is 0 Å². The molecule has 0 aromatic rings. The molecular formula is C7H2I13O3S. The molecule has 24 heavy (non-hydrogen) atoms. The van der Waals surface area contributed by atoms with Gasteiger partial charge >= 0.3 is 0 Å². The Hall–Kier alpha value is 9.40. The summed E-state index contributed by atoms with van der Waals surface area (Å²) >= 11 is 30.4. The molecule has 0 N–H and O–H groups in total. The lowest BCUT2D eigenvalue weighted by Gasteiger charge is -2.53. The van der Waals surface area contributed by atoms with Crippen molar-refractivity contribution in [1.82, 2.24) is 0 Å². The first-order valence-corrected chi connectivity index (χ1v) is 20.1. The monoisotopic (exact) mass is 1820 g/mol. The van der Waals surface area contributed by atoms with Crippen molar-refractivity contribution in [2.45, 2.75) is 5.91 Å². The fourth-order valence-electron chi connectivity index (χ4n) is 0.986. The standard InChI is InChI=1S/C7H2I13O3S/c1-23-24(21,22)7(19,20)5(14,15)3(10,11)2(8,9)4(12,13)6(16,17)18/h1H2. The first-order chi connectivity index (χ1) is 10.1. The highest BCUT2D eigenvalue weighted by atomic mass is 127. The summed E-state index contributed by atoms with van der Waals surface area (Å²) in [5.41, 5.74) is 0. The van der Waals surface area contributed by atoms with Crippen LogP contribution in [-0.4, -0.2) is 14.3 Å². The summed E-state index contributed by atoms with van der Waals surface area (Å²) in [6.45, 7) is 0. The Morgan fingerprint density at radius 1 is 0.583 bits per heavy atom. The molecule has 0 aromatic carbocycles. The molecule has 0 atom stereocenters. The van der Waals surface area contributed by atoms with E-state index in [-0.39, 0.29) is 2.29 Å². The van der Waals surface area contributed by atoms with Crippen LogP contribution in [0.15, 0.2) is 0 Å². The van der Waals surface area contributed by atoms with Crippen molar-refractivity contribution in [3.63, 3.8) is 0 Å². The van der Waals surface area contributed by atoms with Crippen molar-refractivity contribution in [3.8, 4) is 0 Å². The van der Waals surface area contributed by atoms with E-state index in [9.17, 15) is 8.42 Å². The van der Waals surface area contributed by atoms with E-state index in [0.717, 1.165) is 0 Å². The maximum atomic E-state index is 12.6. The molecule has 0 bridgehead atoms. The average Bonchev–Trinajstić information content (AvgIpc) is 2.36. The molecule has 0 fully saturated rings. The highest BCUT2D eigenvalue weighted by molar-refractivity contribution is 14.3. The summed E-state index contributed by atoms with van der Waals surface area (Å²) in [6.07, 6.45) is 0. The normalized spacial score (nSPS) is 16.4. The van der Waals surface area contributed by atoms with Gasteiger partial charge in [0.05, 0.1) is 7.11 Å². The molecule has 3 nitrogen and oxygen atoms in total. The number of hydrogen-bond acceptors (Lipinski definition) is 3. The fourth-order valence-corrected chi connectivity index (χ4v) is 20.5. The number of alkyl halides is 13. The van der Waals surface area contributed by atoms with Gasteiger partial charge in [0.15, 0.2) is 0 Å². The van der Waals surface area contributed by atoms with Gasteiger partial charge in [-0.3, -0.25) is 4.18 Å². The molecule has 0 spiro atoms. The Labute approximate surface area is 319 Å². The molecule has 0 amide bonds. The van der Waals surface area contributed by atoms with Crippen LogP contribution in [0.5, 0.6) is 0 Å². The van der Waals surface area contributed by atoms with Crippen LogP contribution in [0.25, 0.3) is 0 Å². The van der Waals surface area contributed by atoms with Crippen LogP contribution >= 0.6 is 294 Å². The van der Waals surface area contributed by atoms with Crippen LogP contribution in [0.3, 0.4) is 0 Å². The van der Waals surface area contributed by atoms with Crippen LogP contribution in [0, 0.1) is 7.11 Å². The zero-order chi connectivity index (χ0) is 20.2. The predicted octanol–water partition coefficient (Wildman–Crippen LogP) is 9.87. The molecular weight excluding hydrogens is 1810 g/mol. The lowest BCUT2D eigenvalue weighted by molar-refractivity contribution is 0.433. The Morgan fingerprint density at radius 3 is 1.12 bits per heavy atom. The minimum absolute atomic E-state index is 0.0877. The largest absolute Gasteiger partial charge is 0.294 e. The summed E-state index contributed by atoms with van der Waals surface area (Å²) in [5.74, 6) is 0. The molecule has 0 heterocycles. The smallest absolute Gasteiger partial charge is 0.266 e. The summed E-state index contributed by atoms with van der Waals surface area (Å²) < 4.78 is 26.7. The van der Waals surface area contributed by atoms with Gasteiger partial charge in [0.25, 0.3) is 10.1 Å². The van der Waals surface area contributed by atoms with Crippen molar-refractivity contribution in [2.75, 3.05) is 0 Å². The predicted molar refractivity (Wildman–Crippen MR) is 214 cm³/mol. The number of rotatable bonds is 7. The van der Waals surface area contributed by atoms with Gasteiger partial charge in [0.1, 0.15) is 5.15 Å². The second-order valence-electron chi connectivity index (χ2n) is 3.88. The summed E-state index contributed by atoms with van der Waals surface area (Å²) in [5, 5.41) is 0. The quantitative estimate of drug-likeness (QED) is 0.145. The third-order valence-corrected chi connectivity index (χ3v) is 47.3. The van der Waals surface area contributed by atoms with Gasteiger partial charge in [0, 0.05) is 0 Å². The minimum atomic E-state index is -3.86. The Morgan fingerprint density at radius 2 is 0.875 bits per heavy atom. The maximum absolute atomic E-state index is 12.6. The van der Waals surface area contributed by atoms with Gasteiger partial charge in [-0.05, 0) is 45.2 Å². The topological polar surface area (TPSA) is 43.4 Å². The van der Waals surface area contributed by atoms with Gasteiger partial charge in [-0.2, -0.15) is 8.42 Å². The minimum Gasteiger partial charge on any atom is -0.266 e. The van der Waals surface area contributed by atoms with Crippen molar-refractivity contribution < 1.29 is 12.6 Å². The Bertz CT molecular complexity index is 575. The lowest BCUT2D eigenvalue weighted by atomic mass is 10.2. The molecule has 17 heteroatoms. The van der Waals surface area contributed by atoms with Gasteiger partial charge in [-0.1, -0.05) is 248 Å². The molecule has 1 radical (unpaired) electrons. The Balaban J connectivity index is 6.52. The van der Waals surface area contributed by atoms with Gasteiger partial charge in [-0.15, -0.1) is 0 Å². The van der Waals surface area contributed by atoms with Crippen molar-refractivity contribution >= 4 is 304 Å². The molecule has 0 aliphatic heterocycles. The van der Waals surface area contributed by atoms with E-state index in [1.54, 1.807) is 0 Å². The third-order valence-electron chi connectivity index (χ3n) is 2.37. The number of halogens is 13. The van der Waals surface area contributed by atoms with Crippen molar-refractivity contribution in [1.29, 1.82) is 0 Å². The molecule has 145 valence electrons. The van der Waals surface area contributed by atoms with Crippen molar-refractivity contribution in [2.24, 2.45) is 0 Å². The molecule has 0 rings (SSSR count). The fraction of sp³-hybridized carbons (Fsp3) is 0.857. The zero-order valence-electron chi connectivity index (χ0n) is 10.3. The lowest BCUT2D eigenvalue weighted by Crippen LogP contribution is -2.64.